The van der Waals surface area contributed by atoms with Crippen molar-refractivity contribution < 1.29 is 4.74 Å². The van der Waals surface area contributed by atoms with E-state index in [0.717, 1.165) is 23.2 Å². The first kappa shape index (κ1) is 8.11. The first-order valence-electron chi connectivity index (χ1n) is 4.17. The summed E-state index contributed by atoms with van der Waals surface area (Å²) in [6.45, 7) is 3.07. The number of ether oxygens (including phenoxy) is 1. The Morgan fingerprint density at radius 2 is 2.33 bits per heavy atom. The second-order valence-electron chi connectivity index (χ2n) is 3.37. The zero-order chi connectivity index (χ0) is 8.55. The maximum Gasteiger partial charge on any atom is 0.122 e. The molecule has 2 heteroatoms. The molecule has 2 rings (SSSR count). The van der Waals surface area contributed by atoms with Crippen LogP contribution in [0.3, 0.4) is 0 Å². The van der Waals surface area contributed by atoms with E-state index in [1.165, 1.54) is 5.56 Å². The van der Waals surface area contributed by atoms with E-state index in [2.05, 4.69) is 28.9 Å². The van der Waals surface area contributed by atoms with Crippen molar-refractivity contribution in [2.24, 2.45) is 5.92 Å². The number of hydrogen-bond acceptors (Lipinski definition) is 1. The lowest BCUT2D eigenvalue weighted by Crippen LogP contribution is -2.17. The molecule has 1 aliphatic rings. The van der Waals surface area contributed by atoms with Gasteiger partial charge in [-0.25, -0.2) is 0 Å². The van der Waals surface area contributed by atoms with E-state index < -0.39 is 0 Å². The molecule has 1 aromatic rings. The molecule has 1 unspecified atom stereocenters. The molecule has 0 bridgehead atoms. The van der Waals surface area contributed by atoms with Crippen molar-refractivity contribution in [2.45, 2.75) is 13.3 Å². The van der Waals surface area contributed by atoms with E-state index in [-0.39, 0.29) is 0 Å². The van der Waals surface area contributed by atoms with Gasteiger partial charge in [0, 0.05) is 4.47 Å². The molecule has 0 aromatic heterocycles. The van der Waals surface area contributed by atoms with Gasteiger partial charge in [-0.15, -0.1) is 0 Å². The predicted molar refractivity (Wildman–Crippen MR) is 52.5 cm³/mol. The van der Waals surface area contributed by atoms with Crippen molar-refractivity contribution >= 4 is 15.9 Å². The number of benzene rings is 1. The zero-order valence-electron chi connectivity index (χ0n) is 7.01. The Labute approximate surface area is 80.9 Å². The fourth-order valence-electron chi connectivity index (χ4n) is 1.51. The molecule has 0 radical (unpaired) electrons. The highest BCUT2D eigenvalue weighted by Crippen LogP contribution is 2.29. The fraction of sp³-hybridized carbons (Fsp3) is 0.400. The SMILES string of the molecule is CC1COc2ccc(Br)cc2C1. The van der Waals surface area contributed by atoms with Crippen LogP contribution in [0.4, 0.5) is 0 Å². The number of rotatable bonds is 0. The van der Waals surface area contributed by atoms with Crippen molar-refractivity contribution in [3.8, 4) is 5.75 Å². The average Bonchev–Trinajstić information content (AvgIpc) is 2.03. The van der Waals surface area contributed by atoms with Crippen LogP contribution in [0.25, 0.3) is 0 Å². The van der Waals surface area contributed by atoms with Gasteiger partial charge in [-0.2, -0.15) is 0 Å². The van der Waals surface area contributed by atoms with Crippen molar-refractivity contribution in [1.82, 2.24) is 0 Å². The highest BCUT2D eigenvalue weighted by molar-refractivity contribution is 9.10. The van der Waals surface area contributed by atoms with Gasteiger partial charge in [-0.05, 0) is 36.1 Å². The monoisotopic (exact) mass is 226 g/mol. The Morgan fingerprint density at radius 3 is 3.17 bits per heavy atom. The summed E-state index contributed by atoms with van der Waals surface area (Å²) >= 11 is 3.45. The van der Waals surface area contributed by atoms with Crippen LogP contribution in [0.15, 0.2) is 22.7 Å². The lowest BCUT2D eigenvalue weighted by Gasteiger charge is -2.22. The van der Waals surface area contributed by atoms with Crippen LogP contribution in [0.5, 0.6) is 5.75 Å². The van der Waals surface area contributed by atoms with Gasteiger partial charge in [-0.3, -0.25) is 0 Å². The smallest absolute Gasteiger partial charge is 0.122 e. The Kier molecular flexibility index (Phi) is 2.09. The van der Waals surface area contributed by atoms with E-state index >= 15 is 0 Å². The highest BCUT2D eigenvalue weighted by Gasteiger charge is 2.15. The van der Waals surface area contributed by atoms with Crippen LogP contribution in [0, 0.1) is 5.92 Å². The molecule has 12 heavy (non-hydrogen) atoms. The molecule has 1 heterocycles. The Hall–Kier alpha value is -0.500. The summed E-state index contributed by atoms with van der Waals surface area (Å²) in [5, 5.41) is 0. The first-order chi connectivity index (χ1) is 5.75. The molecular weight excluding hydrogens is 216 g/mol. The molecule has 1 nitrogen and oxygen atoms in total. The van der Waals surface area contributed by atoms with Crippen LogP contribution in [-0.2, 0) is 6.42 Å². The lowest BCUT2D eigenvalue weighted by molar-refractivity contribution is 0.234. The van der Waals surface area contributed by atoms with Crippen molar-refractivity contribution in [3.63, 3.8) is 0 Å². The Bertz CT molecular complexity index is 296. The van der Waals surface area contributed by atoms with Gasteiger partial charge in [-0.1, -0.05) is 22.9 Å². The topological polar surface area (TPSA) is 9.23 Å². The molecule has 1 atom stereocenters. The third-order valence-corrected chi connectivity index (χ3v) is 2.61. The van der Waals surface area contributed by atoms with Crippen LogP contribution >= 0.6 is 15.9 Å². The number of halogens is 1. The summed E-state index contributed by atoms with van der Waals surface area (Å²) in [6.07, 6.45) is 1.13. The van der Waals surface area contributed by atoms with E-state index in [9.17, 15) is 0 Å². The van der Waals surface area contributed by atoms with Gasteiger partial charge < -0.3 is 4.74 Å². The van der Waals surface area contributed by atoms with Crippen LogP contribution < -0.4 is 4.74 Å². The van der Waals surface area contributed by atoms with Crippen molar-refractivity contribution in [1.29, 1.82) is 0 Å². The molecular formula is C10H11BrO. The summed E-state index contributed by atoms with van der Waals surface area (Å²) < 4.78 is 6.71. The molecule has 0 saturated carbocycles. The van der Waals surface area contributed by atoms with Gasteiger partial charge in [0.25, 0.3) is 0 Å². The molecule has 0 spiro atoms. The predicted octanol–water partition coefficient (Wildman–Crippen LogP) is 3.02. The molecule has 64 valence electrons. The minimum atomic E-state index is 0.645. The average molecular weight is 227 g/mol. The number of hydrogen-bond donors (Lipinski definition) is 0. The normalized spacial score (nSPS) is 21.3. The van der Waals surface area contributed by atoms with Gasteiger partial charge in [0.2, 0.25) is 0 Å². The third kappa shape index (κ3) is 1.48. The largest absolute Gasteiger partial charge is 0.493 e. The first-order valence-corrected chi connectivity index (χ1v) is 4.96. The van der Waals surface area contributed by atoms with E-state index in [1.807, 2.05) is 12.1 Å². The second kappa shape index (κ2) is 3.09. The van der Waals surface area contributed by atoms with Crippen LogP contribution in [0.1, 0.15) is 12.5 Å². The molecule has 0 amide bonds. The van der Waals surface area contributed by atoms with Gasteiger partial charge in [0.05, 0.1) is 6.61 Å². The highest BCUT2D eigenvalue weighted by atomic mass is 79.9. The van der Waals surface area contributed by atoms with Gasteiger partial charge in [0.15, 0.2) is 0 Å². The Morgan fingerprint density at radius 1 is 1.50 bits per heavy atom. The van der Waals surface area contributed by atoms with Crippen LogP contribution in [0.2, 0.25) is 0 Å². The maximum absolute atomic E-state index is 5.57. The fourth-order valence-corrected chi connectivity index (χ4v) is 1.92. The van der Waals surface area contributed by atoms with Crippen LogP contribution in [-0.4, -0.2) is 6.61 Å². The van der Waals surface area contributed by atoms with E-state index in [1.54, 1.807) is 0 Å². The Balaban J connectivity index is 2.37. The summed E-state index contributed by atoms with van der Waals surface area (Å²) in [7, 11) is 0. The molecule has 1 aliphatic heterocycles. The summed E-state index contributed by atoms with van der Waals surface area (Å²) in [5.41, 5.74) is 1.32. The quantitative estimate of drug-likeness (QED) is 0.661. The van der Waals surface area contributed by atoms with E-state index in [0.29, 0.717) is 5.92 Å². The molecule has 0 N–H and O–H groups in total. The summed E-state index contributed by atoms with van der Waals surface area (Å²) in [6, 6.07) is 6.20. The molecule has 1 aromatic carbocycles. The summed E-state index contributed by atoms with van der Waals surface area (Å²) in [5.74, 6) is 1.70. The second-order valence-corrected chi connectivity index (χ2v) is 4.29. The standard InChI is InChI=1S/C10H11BrO/c1-7-4-8-5-9(11)2-3-10(8)12-6-7/h2-3,5,7H,4,6H2,1H3. The zero-order valence-corrected chi connectivity index (χ0v) is 8.60. The summed E-state index contributed by atoms with van der Waals surface area (Å²) in [4.78, 5) is 0. The lowest BCUT2D eigenvalue weighted by atomic mass is 9.99. The van der Waals surface area contributed by atoms with Crippen molar-refractivity contribution in [3.05, 3.63) is 28.2 Å². The maximum atomic E-state index is 5.57. The minimum absolute atomic E-state index is 0.645. The van der Waals surface area contributed by atoms with Crippen molar-refractivity contribution in [2.75, 3.05) is 6.61 Å². The third-order valence-electron chi connectivity index (χ3n) is 2.11. The molecule has 0 fully saturated rings. The minimum Gasteiger partial charge on any atom is -0.493 e. The van der Waals surface area contributed by atoms with Gasteiger partial charge in [0.1, 0.15) is 5.75 Å². The molecule has 0 saturated heterocycles. The van der Waals surface area contributed by atoms with Gasteiger partial charge >= 0.3 is 0 Å². The molecule has 0 aliphatic carbocycles. The van der Waals surface area contributed by atoms with E-state index in [4.69, 9.17) is 4.74 Å². The number of fused-ring (bicyclic) bond motifs is 1.